The number of nitriles is 1. The number of halogens is 3. The van der Waals surface area contributed by atoms with Crippen LogP contribution in [0.4, 0.5) is 10.2 Å². The topological polar surface area (TPSA) is 84.0 Å². The van der Waals surface area contributed by atoms with E-state index in [0.717, 1.165) is 22.0 Å². The Kier molecular flexibility index (Phi) is 8.45. The first-order valence-electron chi connectivity index (χ1n) is 8.17. The van der Waals surface area contributed by atoms with Gasteiger partial charge in [-0.15, -0.1) is 24.8 Å². The summed E-state index contributed by atoms with van der Waals surface area (Å²) < 4.78 is 19.9. The van der Waals surface area contributed by atoms with Gasteiger partial charge in [0.1, 0.15) is 30.1 Å². The number of nitrogens with one attached hydrogen (secondary N) is 1. The lowest BCUT2D eigenvalue weighted by Crippen LogP contribution is -2.08. The van der Waals surface area contributed by atoms with E-state index in [2.05, 4.69) is 10.3 Å². The first-order valence-corrected chi connectivity index (χ1v) is 8.17. The first kappa shape index (κ1) is 23.4. The van der Waals surface area contributed by atoms with Crippen molar-refractivity contribution in [2.75, 3.05) is 12.8 Å². The van der Waals surface area contributed by atoms with Crippen LogP contribution in [0.2, 0.25) is 0 Å². The van der Waals surface area contributed by atoms with Gasteiger partial charge in [0.15, 0.2) is 0 Å². The molecule has 0 spiro atoms. The lowest BCUT2D eigenvalue weighted by atomic mass is 10.1. The second-order valence-corrected chi connectivity index (χ2v) is 6.09. The number of rotatable bonds is 5. The molecule has 0 radical (unpaired) electrons. The number of hydrogen-bond acceptors (Lipinski definition) is 5. The monoisotopic (exact) mass is 422 g/mol. The number of pyridine rings is 1. The number of nitrogen functional groups attached to an aromatic ring is 1. The van der Waals surface area contributed by atoms with Gasteiger partial charge in [0.25, 0.3) is 0 Å². The van der Waals surface area contributed by atoms with E-state index < -0.39 is 5.82 Å². The van der Waals surface area contributed by atoms with Crippen LogP contribution in [-0.2, 0) is 13.2 Å². The van der Waals surface area contributed by atoms with Crippen molar-refractivity contribution in [3.05, 3.63) is 64.5 Å². The quantitative estimate of drug-likeness (QED) is 0.640. The van der Waals surface area contributed by atoms with Crippen molar-refractivity contribution >= 4 is 41.5 Å². The maximum Gasteiger partial charge on any atom is 0.145 e. The SMILES string of the molecule is CNCc1cc(OCc2ccc3c(C)cc(N)nc3c2)cc(C#N)c1F.Cl.Cl. The molecule has 0 aliphatic rings. The molecule has 2 aromatic carbocycles. The Morgan fingerprint density at radius 3 is 2.64 bits per heavy atom. The predicted molar refractivity (Wildman–Crippen MR) is 114 cm³/mol. The number of fused-ring (bicyclic) bond motifs is 1. The summed E-state index contributed by atoms with van der Waals surface area (Å²) in [6, 6.07) is 12.6. The molecule has 0 fully saturated rings. The van der Waals surface area contributed by atoms with Crippen molar-refractivity contribution in [1.29, 1.82) is 5.26 Å². The van der Waals surface area contributed by atoms with Crippen molar-refractivity contribution in [3.63, 3.8) is 0 Å². The first-order chi connectivity index (χ1) is 12.5. The Labute approximate surface area is 175 Å². The molecule has 1 aromatic heterocycles. The maximum atomic E-state index is 14.1. The number of anilines is 1. The van der Waals surface area contributed by atoms with Crippen LogP contribution in [0.25, 0.3) is 10.9 Å². The number of nitrogens with zero attached hydrogens (tertiary/aromatic N) is 2. The third-order valence-electron chi connectivity index (χ3n) is 4.12. The van der Waals surface area contributed by atoms with E-state index in [9.17, 15) is 4.39 Å². The van der Waals surface area contributed by atoms with Gasteiger partial charge in [-0.3, -0.25) is 0 Å². The highest BCUT2D eigenvalue weighted by Gasteiger charge is 2.11. The fourth-order valence-corrected chi connectivity index (χ4v) is 2.87. The van der Waals surface area contributed by atoms with Crippen molar-refractivity contribution in [2.45, 2.75) is 20.1 Å². The Balaban J connectivity index is 0.00000196. The predicted octanol–water partition coefficient (Wildman–Crippen LogP) is 4.28. The number of aromatic nitrogens is 1. The molecule has 0 aliphatic heterocycles. The van der Waals surface area contributed by atoms with Gasteiger partial charge >= 0.3 is 0 Å². The molecule has 1 heterocycles. The Hall–Kier alpha value is -2.59. The minimum Gasteiger partial charge on any atom is -0.489 e. The van der Waals surface area contributed by atoms with Gasteiger partial charge in [0, 0.05) is 23.6 Å². The number of benzene rings is 2. The van der Waals surface area contributed by atoms with Gasteiger partial charge in [-0.05, 0) is 43.3 Å². The molecule has 5 nitrogen and oxygen atoms in total. The van der Waals surface area contributed by atoms with E-state index >= 15 is 0 Å². The molecule has 3 rings (SSSR count). The fraction of sp³-hybridized carbons (Fsp3) is 0.200. The average Bonchev–Trinajstić information content (AvgIpc) is 2.61. The third kappa shape index (κ3) is 5.02. The minimum atomic E-state index is -0.518. The summed E-state index contributed by atoms with van der Waals surface area (Å²) in [5.74, 6) is 0.405. The molecular weight excluding hydrogens is 402 g/mol. The van der Waals surface area contributed by atoms with Crippen LogP contribution in [0.1, 0.15) is 22.3 Å². The molecule has 0 atom stereocenters. The maximum absolute atomic E-state index is 14.1. The minimum absolute atomic E-state index is 0. The van der Waals surface area contributed by atoms with E-state index in [0.29, 0.717) is 23.7 Å². The Morgan fingerprint density at radius 1 is 1.21 bits per heavy atom. The molecule has 3 N–H and O–H groups in total. The lowest BCUT2D eigenvalue weighted by molar-refractivity contribution is 0.305. The summed E-state index contributed by atoms with van der Waals surface area (Å²) in [5, 5.41) is 13.0. The number of ether oxygens (including phenoxy) is 1. The molecule has 0 unspecified atom stereocenters. The zero-order chi connectivity index (χ0) is 18.7. The smallest absolute Gasteiger partial charge is 0.145 e. The molecule has 3 aromatic rings. The van der Waals surface area contributed by atoms with Crippen LogP contribution in [0, 0.1) is 24.1 Å². The van der Waals surface area contributed by atoms with Gasteiger partial charge in [0.05, 0.1) is 11.1 Å². The number of aryl methyl sites for hydroxylation is 1. The molecule has 0 amide bonds. The van der Waals surface area contributed by atoms with Crippen LogP contribution in [0.5, 0.6) is 5.75 Å². The molecule has 0 saturated heterocycles. The Morgan fingerprint density at radius 2 is 1.96 bits per heavy atom. The van der Waals surface area contributed by atoms with Gasteiger partial charge in [-0.25, -0.2) is 9.37 Å². The summed E-state index contributed by atoms with van der Waals surface area (Å²) >= 11 is 0. The van der Waals surface area contributed by atoms with Crippen molar-refractivity contribution < 1.29 is 9.13 Å². The van der Waals surface area contributed by atoms with E-state index in [1.54, 1.807) is 13.1 Å². The summed E-state index contributed by atoms with van der Waals surface area (Å²) in [6.07, 6.45) is 0. The summed E-state index contributed by atoms with van der Waals surface area (Å²) in [6.45, 7) is 2.58. The molecule has 28 heavy (non-hydrogen) atoms. The van der Waals surface area contributed by atoms with E-state index in [1.807, 2.05) is 37.3 Å². The zero-order valence-electron chi connectivity index (χ0n) is 15.5. The second kappa shape index (κ2) is 10.1. The summed E-state index contributed by atoms with van der Waals surface area (Å²) in [7, 11) is 1.72. The van der Waals surface area contributed by atoms with Crippen LogP contribution in [0.15, 0.2) is 36.4 Å². The molecular formula is C20H21Cl2FN4O. The van der Waals surface area contributed by atoms with Crippen LogP contribution in [-0.4, -0.2) is 12.0 Å². The van der Waals surface area contributed by atoms with E-state index in [1.165, 1.54) is 6.07 Å². The van der Waals surface area contributed by atoms with Crippen molar-refractivity contribution in [3.8, 4) is 11.8 Å². The fourth-order valence-electron chi connectivity index (χ4n) is 2.87. The van der Waals surface area contributed by atoms with E-state index in [-0.39, 0.29) is 37.0 Å². The molecule has 8 heteroatoms. The van der Waals surface area contributed by atoms with Crippen LogP contribution >= 0.6 is 24.8 Å². The summed E-state index contributed by atoms with van der Waals surface area (Å²) in [4.78, 5) is 4.35. The standard InChI is InChI=1S/C20H19FN4O.2ClH/c1-12-5-19(23)25-18-6-13(3-4-17(12)18)11-26-16-7-14(9-22)20(21)15(8-16)10-24-2;;/h3-8,24H,10-11H2,1-2H3,(H2,23,25);2*1H. The normalized spacial score (nSPS) is 9.93. The van der Waals surface area contributed by atoms with Gasteiger partial charge in [-0.1, -0.05) is 12.1 Å². The van der Waals surface area contributed by atoms with Gasteiger partial charge < -0.3 is 15.8 Å². The Bertz CT molecular complexity index is 1020. The molecule has 148 valence electrons. The molecule has 0 bridgehead atoms. The van der Waals surface area contributed by atoms with Crippen molar-refractivity contribution in [1.82, 2.24) is 10.3 Å². The van der Waals surface area contributed by atoms with Crippen molar-refractivity contribution in [2.24, 2.45) is 0 Å². The van der Waals surface area contributed by atoms with Gasteiger partial charge in [-0.2, -0.15) is 5.26 Å². The second-order valence-electron chi connectivity index (χ2n) is 6.09. The highest BCUT2D eigenvalue weighted by molar-refractivity contribution is 5.86. The van der Waals surface area contributed by atoms with Crippen LogP contribution in [0.3, 0.4) is 0 Å². The van der Waals surface area contributed by atoms with Gasteiger partial charge in [0.2, 0.25) is 0 Å². The molecule has 0 saturated carbocycles. The third-order valence-corrected chi connectivity index (χ3v) is 4.12. The number of hydrogen-bond donors (Lipinski definition) is 2. The zero-order valence-corrected chi connectivity index (χ0v) is 17.1. The highest BCUT2D eigenvalue weighted by Crippen LogP contribution is 2.24. The van der Waals surface area contributed by atoms with E-state index in [4.69, 9.17) is 15.7 Å². The molecule has 0 aliphatic carbocycles. The van der Waals surface area contributed by atoms with Crippen LogP contribution < -0.4 is 15.8 Å². The largest absolute Gasteiger partial charge is 0.489 e. The lowest BCUT2D eigenvalue weighted by Gasteiger charge is -2.11. The number of nitrogens with two attached hydrogens (primary N) is 1. The highest BCUT2D eigenvalue weighted by atomic mass is 35.5. The average molecular weight is 423 g/mol. The summed E-state index contributed by atoms with van der Waals surface area (Å²) in [5.41, 5.74) is 8.96.